The summed E-state index contributed by atoms with van der Waals surface area (Å²) in [5, 5.41) is 0. The fourth-order valence-electron chi connectivity index (χ4n) is 7.99. The lowest BCUT2D eigenvalue weighted by atomic mass is 9.88. The van der Waals surface area contributed by atoms with Crippen LogP contribution < -0.4 is 9.64 Å². The summed E-state index contributed by atoms with van der Waals surface area (Å²) in [5.41, 5.74) is 17.0. The first-order chi connectivity index (χ1) is 27.8. The number of anilines is 3. The Labute approximate surface area is 328 Å². The number of hydrogen-bond acceptors (Lipinski definition) is 2. The molecule has 0 saturated carbocycles. The van der Waals surface area contributed by atoms with Crippen LogP contribution in [0.5, 0.6) is 11.5 Å². The molecule has 1 heterocycles. The fourth-order valence-corrected chi connectivity index (χ4v) is 7.99. The van der Waals surface area contributed by atoms with Crippen LogP contribution in [-0.2, 0) is 0 Å². The molecular weight excluding hydrogens is 679 g/mol. The normalized spacial score (nSPS) is 11.4. The molecule has 0 bridgehead atoms. The highest BCUT2D eigenvalue weighted by Crippen LogP contribution is 2.52. The van der Waals surface area contributed by atoms with E-state index in [1.54, 1.807) is 0 Å². The molecule has 2 nitrogen and oxygen atoms in total. The quantitative estimate of drug-likeness (QED) is 0.163. The van der Waals surface area contributed by atoms with Gasteiger partial charge in [-0.05, 0) is 92.5 Å². The van der Waals surface area contributed by atoms with Crippen molar-refractivity contribution in [1.82, 2.24) is 0 Å². The second kappa shape index (κ2) is 14.4. The highest BCUT2D eigenvalue weighted by Gasteiger charge is 2.25. The van der Waals surface area contributed by atoms with Gasteiger partial charge in [-0.25, -0.2) is 0 Å². The maximum atomic E-state index is 6.99. The highest BCUT2D eigenvalue weighted by atomic mass is 16.5. The SMILES string of the molecule is c1ccc(-c2ccc(N(c3ccc(-c4ccccc4)cc3)c3ccc(-c4cccc5c4-c4ccccc4-c4cccc(-c6ccccc6)c4O5)cc3)cc2)cc1. The molecule has 0 N–H and O–H groups in total. The minimum Gasteiger partial charge on any atom is -0.455 e. The molecule has 1 aliphatic heterocycles. The first-order valence-electron chi connectivity index (χ1n) is 19.1. The third kappa shape index (κ3) is 6.14. The number of rotatable bonds is 7. The zero-order chi connectivity index (χ0) is 37.3. The van der Waals surface area contributed by atoms with Crippen molar-refractivity contribution >= 4 is 17.1 Å². The Balaban J connectivity index is 1.06. The van der Waals surface area contributed by atoms with Crippen molar-refractivity contribution in [3.05, 3.63) is 224 Å². The number of benzene rings is 9. The molecule has 2 heteroatoms. The van der Waals surface area contributed by atoms with E-state index in [1.165, 1.54) is 22.3 Å². The van der Waals surface area contributed by atoms with E-state index in [0.29, 0.717) is 0 Å². The second-order valence-electron chi connectivity index (χ2n) is 14.1. The third-order valence-corrected chi connectivity index (χ3v) is 10.7. The van der Waals surface area contributed by atoms with Crippen LogP contribution in [0.2, 0.25) is 0 Å². The smallest absolute Gasteiger partial charge is 0.143 e. The van der Waals surface area contributed by atoms with Gasteiger partial charge in [-0.3, -0.25) is 0 Å². The van der Waals surface area contributed by atoms with Crippen LogP contribution in [-0.4, -0.2) is 0 Å². The molecule has 0 aromatic heterocycles. The van der Waals surface area contributed by atoms with Gasteiger partial charge in [0.2, 0.25) is 0 Å². The summed E-state index contributed by atoms with van der Waals surface area (Å²) < 4.78 is 6.99. The summed E-state index contributed by atoms with van der Waals surface area (Å²) in [4.78, 5) is 2.33. The lowest BCUT2D eigenvalue weighted by molar-refractivity contribution is 0.489. The van der Waals surface area contributed by atoms with Gasteiger partial charge < -0.3 is 9.64 Å². The molecule has 9 aromatic rings. The molecule has 0 fully saturated rings. The Morgan fingerprint density at radius 1 is 0.250 bits per heavy atom. The average Bonchev–Trinajstić information content (AvgIpc) is 3.43. The summed E-state index contributed by atoms with van der Waals surface area (Å²) in [6.07, 6.45) is 0. The van der Waals surface area contributed by atoms with E-state index in [-0.39, 0.29) is 0 Å². The van der Waals surface area contributed by atoms with Crippen LogP contribution in [0.1, 0.15) is 0 Å². The van der Waals surface area contributed by atoms with Crippen LogP contribution in [0.25, 0.3) is 66.8 Å². The zero-order valence-corrected chi connectivity index (χ0v) is 30.7. The summed E-state index contributed by atoms with van der Waals surface area (Å²) in [6, 6.07) is 79.8. The van der Waals surface area contributed by atoms with Crippen molar-refractivity contribution in [1.29, 1.82) is 0 Å². The Bertz CT molecular complexity index is 2690. The lowest BCUT2D eigenvalue weighted by Crippen LogP contribution is -2.09. The number of fused-ring (bicyclic) bond motifs is 5. The Morgan fingerprint density at radius 2 is 0.625 bits per heavy atom. The predicted molar refractivity (Wildman–Crippen MR) is 234 cm³/mol. The summed E-state index contributed by atoms with van der Waals surface area (Å²) in [7, 11) is 0. The first kappa shape index (κ1) is 33.2. The highest BCUT2D eigenvalue weighted by molar-refractivity contribution is 5.99. The van der Waals surface area contributed by atoms with Gasteiger partial charge in [-0.1, -0.05) is 182 Å². The molecular formula is C54H37NO. The van der Waals surface area contributed by atoms with Crippen LogP contribution >= 0.6 is 0 Å². The van der Waals surface area contributed by atoms with Gasteiger partial charge in [0.05, 0.1) is 0 Å². The minimum atomic E-state index is 0.847. The topological polar surface area (TPSA) is 12.5 Å². The molecule has 264 valence electrons. The molecule has 10 rings (SSSR count). The molecule has 0 saturated heterocycles. The molecule has 0 aliphatic carbocycles. The number of para-hydroxylation sites is 1. The Morgan fingerprint density at radius 3 is 1.18 bits per heavy atom. The molecule has 0 radical (unpaired) electrons. The van der Waals surface area contributed by atoms with Gasteiger partial charge >= 0.3 is 0 Å². The van der Waals surface area contributed by atoms with Gasteiger partial charge in [0.25, 0.3) is 0 Å². The van der Waals surface area contributed by atoms with E-state index in [1.807, 2.05) is 0 Å². The summed E-state index contributed by atoms with van der Waals surface area (Å²) in [6.45, 7) is 0. The fraction of sp³-hybridized carbons (Fsp3) is 0. The van der Waals surface area contributed by atoms with Crippen LogP contribution in [0.3, 0.4) is 0 Å². The van der Waals surface area contributed by atoms with Crippen molar-refractivity contribution in [3.8, 4) is 78.3 Å². The predicted octanol–water partition coefficient (Wildman–Crippen LogP) is 15.3. The van der Waals surface area contributed by atoms with E-state index in [0.717, 1.165) is 73.1 Å². The van der Waals surface area contributed by atoms with Gasteiger partial charge in [-0.2, -0.15) is 0 Å². The average molecular weight is 716 g/mol. The minimum absolute atomic E-state index is 0.847. The van der Waals surface area contributed by atoms with Gasteiger partial charge in [0.15, 0.2) is 0 Å². The first-order valence-corrected chi connectivity index (χ1v) is 19.1. The molecule has 0 atom stereocenters. The number of ether oxygens (including phenoxy) is 1. The second-order valence-corrected chi connectivity index (χ2v) is 14.1. The van der Waals surface area contributed by atoms with Gasteiger partial charge in [-0.15, -0.1) is 0 Å². The Kier molecular flexibility index (Phi) is 8.55. The molecule has 9 aromatic carbocycles. The van der Waals surface area contributed by atoms with Crippen molar-refractivity contribution < 1.29 is 4.74 Å². The van der Waals surface area contributed by atoms with Crippen LogP contribution in [0, 0.1) is 0 Å². The molecule has 56 heavy (non-hydrogen) atoms. The summed E-state index contributed by atoms with van der Waals surface area (Å²) >= 11 is 0. The van der Waals surface area contributed by atoms with Crippen molar-refractivity contribution in [2.24, 2.45) is 0 Å². The van der Waals surface area contributed by atoms with Gasteiger partial charge in [0.1, 0.15) is 11.5 Å². The van der Waals surface area contributed by atoms with Crippen molar-refractivity contribution in [3.63, 3.8) is 0 Å². The number of hydrogen-bond donors (Lipinski definition) is 0. The standard InChI is InChI=1S/C54H37NO/c1-4-14-38(15-5-1)40-26-32-44(33-27-40)55(45-34-28-41(29-35-45)39-16-6-2-7-17-39)46-36-30-43(31-37-46)47-22-13-25-52-53(47)50-21-11-10-20-49(50)51-24-12-23-48(54(51)56-52)42-18-8-3-9-19-42/h1-37H. The monoisotopic (exact) mass is 715 g/mol. The molecule has 0 spiro atoms. The summed E-state index contributed by atoms with van der Waals surface area (Å²) in [5.74, 6) is 1.73. The maximum Gasteiger partial charge on any atom is 0.143 e. The largest absolute Gasteiger partial charge is 0.455 e. The zero-order valence-electron chi connectivity index (χ0n) is 30.7. The van der Waals surface area contributed by atoms with Crippen LogP contribution in [0.15, 0.2) is 224 Å². The van der Waals surface area contributed by atoms with Crippen molar-refractivity contribution in [2.45, 2.75) is 0 Å². The van der Waals surface area contributed by atoms with E-state index >= 15 is 0 Å². The number of nitrogens with zero attached hydrogens (tertiary/aromatic N) is 1. The van der Waals surface area contributed by atoms with E-state index in [4.69, 9.17) is 4.74 Å². The Hall–Kier alpha value is -7.42. The van der Waals surface area contributed by atoms with E-state index in [9.17, 15) is 0 Å². The maximum absolute atomic E-state index is 6.99. The van der Waals surface area contributed by atoms with E-state index < -0.39 is 0 Å². The van der Waals surface area contributed by atoms with Crippen LogP contribution in [0.4, 0.5) is 17.1 Å². The molecule has 0 unspecified atom stereocenters. The lowest BCUT2D eigenvalue weighted by Gasteiger charge is -2.26. The third-order valence-electron chi connectivity index (χ3n) is 10.7. The molecule has 1 aliphatic rings. The van der Waals surface area contributed by atoms with Crippen molar-refractivity contribution in [2.75, 3.05) is 4.90 Å². The van der Waals surface area contributed by atoms with E-state index in [2.05, 4.69) is 229 Å². The molecule has 0 amide bonds. The van der Waals surface area contributed by atoms with Gasteiger partial charge in [0, 0.05) is 33.8 Å².